The maximum absolute atomic E-state index is 12.0. The highest BCUT2D eigenvalue weighted by Gasteiger charge is 2.51. The number of nitrogens with one attached hydrogen (secondary N) is 1. The molecule has 4 aliphatic rings. The molecule has 4 rings (SSSR count). The summed E-state index contributed by atoms with van der Waals surface area (Å²) < 4.78 is 0. The van der Waals surface area contributed by atoms with Crippen molar-refractivity contribution in [3.63, 3.8) is 0 Å². The first kappa shape index (κ1) is 18.9. The number of β-lactam (4-membered cyclic amide) rings is 1. The maximum atomic E-state index is 12.0. The molecule has 0 bridgehead atoms. The van der Waals surface area contributed by atoms with E-state index < -0.39 is 18.0 Å². The summed E-state index contributed by atoms with van der Waals surface area (Å²) in [6, 6.07) is -1.34. The molecule has 0 aromatic rings. The number of allylic oxidation sites excluding steroid dienone is 1. The quantitative estimate of drug-likeness (QED) is 0.439. The molecule has 0 unspecified atom stereocenters. The molecule has 1 saturated heterocycles. The van der Waals surface area contributed by atoms with Crippen LogP contribution in [-0.2, 0) is 9.59 Å². The Bertz CT molecular complexity index is 912. The number of hydrogen-bond donors (Lipinski definition) is 4. The summed E-state index contributed by atoms with van der Waals surface area (Å²) in [5, 5.41) is 12.7. The first-order valence-corrected chi connectivity index (χ1v) is 10.2. The van der Waals surface area contributed by atoms with Crippen LogP contribution in [0.25, 0.3) is 0 Å². The van der Waals surface area contributed by atoms with Crippen LogP contribution in [0, 0.1) is 0 Å². The monoisotopic (exact) mass is 423 g/mol. The van der Waals surface area contributed by atoms with E-state index in [2.05, 4.69) is 10.5 Å². The summed E-state index contributed by atoms with van der Waals surface area (Å²) in [4.78, 5) is 40.8. The lowest BCUT2D eigenvalue weighted by atomic mass is 10.0. The molecule has 4 aliphatic heterocycles. The van der Waals surface area contributed by atoms with Crippen molar-refractivity contribution in [3.8, 4) is 0 Å². The standard InChI is InChI=1S/C15H17N7O4S2/c1-6-2-9(22-8(18-6)3-20(19-22)15(17)26)27-4-7-5-28-13-10(16)12(23)21(13)11(7)14(24)25/h2-3,10,13,19H,4-5,16H2,1H3,(H2,17,26)(H,24,25)/t10-,13-/m1/s1. The lowest BCUT2D eigenvalue weighted by Gasteiger charge is -2.48. The van der Waals surface area contributed by atoms with Gasteiger partial charge in [0.1, 0.15) is 17.1 Å². The molecule has 4 heterocycles. The fourth-order valence-electron chi connectivity index (χ4n) is 3.13. The van der Waals surface area contributed by atoms with E-state index in [4.69, 9.17) is 11.5 Å². The average Bonchev–Trinajstić information content (AvgIpc) is 3.08. The number of amides is 3. The van der Waals surface area contributed by atoms with Gasteiger partial charge in [0.15, 0.2) is 5.82 Å². The zero-order valence-electron chi connectivity index (χ0n) is 14.7. The van der Waals surface area contributed by atoms with Crippen LogP contribution in [0.15, 0.2) is 39.4 Å². The fraction of sp³-hybridized carbons (Fsp3) is 0.333. The Balaban J connectivity index is 1.54. The van der Waals surface area contributed by atoms with E-state index in [1.54, 1.807) is 5.01 Å². The number of aliphatic carboxylic acids is 1. The molecule has 1 fully saturated rings. The summed E-state index contributed by atoms with van der Waals surface area (Å²) >= 11 is 2.83. The van der Waals surface area contributed by atoms with Gasteiger partial charge in [-0.1, -0.05) is 0 Å². The lowest BCUT2D eigenvalue weighted by Crippen LogP contribution is -2.68. The van der Waals surface area contributed by atoms with E-state index in [1.165, 1.54) is 34.6 Å². The second-order valence-electron chi connectivity index (χ2n) is 6.35. The Kier molecular flexibility index (Phi) is 4.61. The SMILES string of the molecule is CC1=NC2=CN(C(N)=O)NN2C(SCC2=C(C(=O)O)N3C(=O)[C@@H](N)[C@H]3SC2)=C1. The van der Waals surface area contributed by atoms with E-state index in [0.29, 0.717) is 22.9 Å². The molecule has 28 heavy (non-hydrogen) atoms. The largest absolute Gasteiger partial charge is 0.477 e. The van der Waals surface area contributed by atoms with Crippen LogP contribution in [0.5, 0.6) is 0 Å². The first-order chi connectivity index (χ1) is 13.3. The molecule has 3 amide bonds. The van der Waals surface area contributed by atoms with Crippen molar-refractivity contribution in [2.75, 3.05) is 11.5 Å². The zero-order chi connectivity index (χ0) is 20.2. The molecule has 2 atom stereocenters. The molecule has 6 N–H and O–H groups in total. The smallest absolute Gasteiger partial charge is 0.352 e. The van der Waals surface area contributed by atoms with Crippen molar-refractivity contribution in [2.24, 2.45) is 16.5 Å². The number of nitrogens with two attached hydrogens (primary N) is 2. The van der Waals surface area contributed by atoms with Crippen LogP contribution in [-0.4, -0.2) is 66.6 Å². The van der Waals surface area contributed by atoms with Crippen LogP contribution in [0.1, 0.15) is 6.92 Å². The average molecular weight is 423 g/mol. The molecule has 13 heteroatoms. The second-order valence-corrected chi connectivity index (χ2v) is 8.45. The fourth-order valence-corrected chi connectivity index (χ4v) is 5.63. The van der Waals surface area contributed by atoms with Gasteiger partial charge in [0, 0.05) is 17.2 Å². The normalized spacial score (nSPS) is 26.3. The number of rotatable bonds is 4. The number of nitrogens with zero attached hydrogens (tertiary/aromatic N) is 4. The van der Waals surface area contributed by atoms with Gasteiger partial charge in [-0.2, -0.15) is 0 Å². The number of carbonyl (C=O) groups excluding carboxylic acids is 2. The Morgan fingerprint density at radius 3 is 2.93 bits per heavy atom. The van der Waals surface area contributed by atoms with Gasteiger partial charge >= 0.3 is 12.0 Å². The predicted octanol–water partition coefficient (Wildman–Crippen LogP) is -0.469. The third-order valence-corrected chi connectivity index (χ3v) is 6.90. The number of carboxylic acid groups (broad SMARTS) is 1. The molecule has 0 saturated carbocycles. The first-order valence-electron chi connectivity index (χ1n) is 8.20. The number of fused-ring (bicyclic) bond motifs is 2. The third-order valence-electron chi connectivity index (χ3n) is 4.45. The minimum absolute atomic E-state index is 0.00802. The molecule has 0 aliphatic carbocycles. The van der Waals surface area contributed by atoms with E-state index in [-0.39, 0.29) is 17.0 Å². The highest BCUT2D eigenvalue weighted by molar-refractivity contribution is 8.03. The summed E-state index contributed by atoms with van der Waals surface area (Å²) in [5.41, 5.74) is 15.2. The number of hydrogen-bond acceptors (Lipinski definition) is 9. The van der Waals surface area contributed by atoms with Gasteiger partial charge in [-0.25, -0.2) is 24.6 Å². The number of urea groups is 1. The zero-order valence-corrected chi connectivity index (χ0v) is 16.3. The molecule has 0 spiro atoms. The molecule has 148 valence electrons. The Morgan fingerprint density at radius 1 is 1.50 bits per heavy atom. The van der Waals surface area contributed by atoms with Gasteiger partial charge in [0.25, 0.3) is 0 Å². The Labute approximate surface area is 168 Å². The summed E-state index contributed by atoms with van der Waals surface area (Å²) in [5.74, 6) is -0.199. The molecular weight excluding hydrogens is 406 g/mol. The lowest BCUT2D eigenvalue weighted by molar-refractivity contribution is -0.147. The molecule has 0 aromatic heterocycles. The predicted molar refractivity (Wildman–Crippen MR) is 104 cm³/mol. The van der Waals surface area contributed by atoms with Gasteiger partial charge in [0.05, 0.1) is 11.2 Å². The number of carboxylic acids is 1. The molecule has 11 nitrogen and oxygen atoms in total. The van der Waals surface area contributed by atoms with E-state index in [1.807, 2.05) is 13.0 Å². The second kappa shape index (κ2) is 6.84. The van der Waals surface area contributed by atoms with Crippen LogP contribution in [0.3, 0.4) is 0 Å². The van der Waals surface area contributed by atoms with Crippen LogP contribution in [0.4, 0.5) is 4.79 Å². The van der Waals surface area contributed by atoms with Gasteiger partial charge < -0.3 is 16.6 Å². The topological polar surface area (TPSA) is 158 Å². The Hall–Kier alpha value is -2.48. The van der Waals surface area contributed by atoms with Gasteiger partial charge in [0.2, 0.25) is 5.91 Å². The van der Waals surface area contributed by atoms with Gasteiger partial charge in [-0.05, 0) is 18.6 Å². The molecule has 0 aromatic carbocycles. The number of primary amides is 1. The van der Waals surface area contributed by atoms with E-state index >= 15 is 0 Å². The van der Waals surface area contributed by atoms with Crippen molar-refractivity contribution in [3.05, 3.63) is 34.4 Å². The van der Waals surface area contributed by atoms with Gasteiger partial charge in [-0.15, -0.1) is 29.1 Å². The summed E-state index contributed by atoms with van der Waals surface area (Å²) in [6.07, 6.45) is 3.28. The minimum atomic E-state index is -1.14. The number of hydrazine groups is 2. The van der Waals surface area contributed by atoms with Crippen LogP contribution >= 0.6 is 23.5 Å². The van der Waals surface area contributed by atoms with Crippen molar-refractivity contribution < 1.29 is 19.5 Å². The van der Waals surface area contributed by atoms with Crippen molar-refractivity contribution in [2.45, 2.75) is 18.3 Å². The third kappa shape index (κ3) is 2.96. The highest BCUT2D eigenvalue weighted by atomic mass is 32.2. The molecular formula is C15H17N7O4S2. The van der Waals surface area contributed by atoms with Gasteiger partial charge in [-0.3, -0.25) is 9.69 Å². The molecule has 0 radical (unpaired) electrons. The minimum Gasteiger partial charge on any atom is -0.477 e. The van der Waals surface area contributed by atoms with Crippen molar-refractivity contribution >= 4 is 47.1 Å². The maximum Gasteiger partial charge on any atom is 0.352 e. The summed E-state index contributed by atoms with van der Waals surface area (Å²) in [7, 11) is 0. The van der Waals surface area contributed by atoms with Crippen LogP contribution in [0.2, 0.25) is 0 Å². The van der Waals surface area contributed by atoms with Crippen LogP contribution < -0.4 is 17.0 Å². The number of carbonyl (C=O) groups is 3. The number of aliphatic imine (C=N–C) groups is 1. The van der Waals surface area contributed by atoms with Crippen molar-refractivity contribution in [1.29, 1.82) is 0 Å². The highest BCUT2D eigenvalue weighted by Crippen LogP contribution is 2.41. The number of thioether (sulfide) groups is 2. The van der Waals surface area contributed by atoms with Crippen molar-refractivity contribution in [1.82, 2.24) is 20.5 Å². The summed E-state index contributed by atoms with van der Waals surface area (Å²) in [6.45, 7) is 1.81. The van der Waals surface area contributed by atoms with E-state index in [9.17, 15) is 19.5 Å². The Morgan fingerprint density at radius 2 is 2.25 bits per heavy atom. The van der Waals surface area contributed by atoms with E-state index in [0.717, 1.165) is 15.7 Å².